The number of hydrogen-bond acceptors (Lipinski definition) is 4. The van der Waals surface area contributed by atoms with E-state index in [0.717, 1.165) is 0 Å². The highest BCUT2D eigenvalue weighted by atomic mass is 16.5. The van der Waals surface area contributed by atoms with Crippen molar-refractivity contribution in [2.75, 3.05) is 6.73 Å². The summed E-state index contributed by atoms with van der Waals surface area (Å²) in [6, 6.07) is 6.38. The van der Waals surface area contributed by atoms with Crippen LogP contribution in [0.15, 0.2) is 24.3 Å². The van der Waals surface area contributed by atoms with Gasteiger partial charge in [-0.2, -0.15) is 0 Å². The SMILES string of the molecule is NCOC(=O)c1ccccc1CC(=O)O. The fraction of sp³-hybridized carbons (Fsp3) is 0.200. The largest absolute Gasteiger partial charge is 0.481 e. The molecule has 0 unspecified atom stereocenters. The van der Waals surface area contributed by atoms with E-state index < -0.39 is 11.9 Å². The predicted octanol–water partition coefficient (Wildman–Crippen LogP) is 0.387. The Hall–Kier alpha value is -1.88. The van der Waals surface area contributed by atoms with E-state index in [0.29, 0.717) is 5.56 Å². The van der Waals surface area contributed by atoms with Gasteiger partial charge in [0.05, 0.1) is 12.0 Å². The van der Waals surface area contributed by atoms with Crippen LogP contribution in [0.5, 0.6) is 0 Å². The summed E-state index contributed by atoms with van der Waals surface area (Å²) in [5, 5.41) is 8.63. The maximum Gasteiger partial charge on any atom is 0.339 e. The Bertz CT molecular complexity index is 375. The van der Waals surface area contributed by atoms with Gasteiger partial charge in [-0.25, -0.2) is 4.79 Å². The Morgan fingerprint density at radius 3 is 2.60 bits per heavy atom. The number of carboxylic acids is 1. The number of aliphatic carboxylic acids is 1. The molecule has 0 saturated carbocycles. The standard InChI is InChI=1S/C10H11NO4/c11-6-15-10(14)8-4-2-1-3-7(8)5-9(12)13/h1-4H,5-6,11H2,(H,12,13). The average molecular weight is 209 g/mol. The van der Waals surface area contributed by atoms with Gasteiger partial charge in [-0.3, -0.25) is 10.5 Å². The molecule has 0 radical (unpaired) electrons. The second-order valence-electron chi connectivity index (χ2n) is 2.83. The van der Waals surface area contributed by atoms with Crippen molar-refractivity contribution in [1.82, 2.24) is 0 Å². The van der Waals surface area contributed by atoms with E-state index in [9.17, 15) is 9.59 Å². The Morgan fingerprint density at radius 2 is 2.00 bits per heavy atom. The Kier molecular flexibility index (Phi) is 3.82. The number of carbonyl (C=O) groups is 2. The molecule has 0 saturated heterocycles. The van der Waals surface area contributed by atoms with Crippen LogP contribution in [0.2, 0.25) is 0 Å². The first kappa shape index (κ1) is 11.2. The van der Waals surface area contributed by atoms with Crippen LogP contribution < -0.4 is 5.73 Å². The molecule has 0 atom stereocenters. The van der Waals surface area contributed by atoms with Gasteiger partial charge in [0.1, 0.15) is 6.73 Å². The minimum Gasteiger partial charge on any atom is -0.481 e. The first-order valence-corrected chi connectivity index (χ1v) is 4.32. The molecule has 0 aliphatic carbocycles. The van der Waals surface area contributed by atoms with Crippen molar-refractivity contribution in [3.63, 3.8) is 0 Å². The second kappa shape index (κ2) is 5.11. The van der Waals surface area contributed by atoms with Crippen molar-refractivity contribution < 1.29 is 19.4 Å². The van der Waals surface area contributed by atoms with Crippen molar-refractivity contribution in [2.45, 2.75) is 6.42 Å². The minimum absolute atomic E-state index is 0.212. The Labute approximate surface area is 86.5 Å². The van der Waals surface area contributed by atoms with Gasteiger partial charge in [-0.15, -0.1) is 0 Å². The summed E-state index contributed by atoms with van der Waals surface area (Å²) < 4.78 is 4.60. The number of carboxylic acid groups (broad SMARTS) is 1. The number of benzene rings is 1. The van der Waals surface area contributed by atoms with Gasteiger partial charge < -0.3 is 9.84 Å². The molecule has 0 amide bonds. The lowest BCUT2D eigenvalue weighted by atomic mass is 10.1. The summed E-state index contributed by atoms with van der Waals surface area (Å²) >= 11 is 0. The third-order valence-electron chi connectivity index (χ3n) is 1.79. The maximum absolute atomic E-state index is 11.4. The average Bonchev–Trinajstić information content (AvgIpc) is 2.18. The van der Waals surface area contributed by atoms with Gasteiger partial charge in [-0.1, -0.05) is 18.2 Å². The molecule has 0 aromatic heterocycles. The van der Waals surface area contributed by atoms with Crippen LogP contribution in [-0.2, 0) is 16.0 Å². The zero-order chi connectivity index (χ0) is 11.3. The van der Waals surface area contributed by atoms with Crippen molar-refractivity contribution in [1.29, 1.82) is 0 Å². The number of carbonyl (C=O) groups excluding carboxylic acids is 1. The van der Waals surface area contributed by atoms with E-state index in [2.05, 4.69) is 4.74 Å². The molecule has 0 heterocycles. The monoisotopic (exact) mass is 209 g/mol. The number of esters is 1. The van der Waals surface area contributed by atoms with Crippen molar-refractivity contribution >= 4 is 11.9 Å². The van der Waals surface area contributed by atoms with Crippen molar-refractivity contribution in [3.05, 3.63) is 35.4 Å². The van der Waals surface area contributed by atoms with Gasteiger partial charge in [0.2, 0.25) is 0 Å². The number of rotatable bonds is 4. The van der Waals surface area contributed by atoms with Crippen LogP contribution in [0.25, 0.3) is 0 Å². The highest BCUT2D eigenvalue weighted by Gasteiger charge is 2.13. The molecular formula is C10H11NO4. The number of hydrogen-bond donors (Lipinski definition) is 2. The molecule has 15 heavy (non-hydrogen) atoms. The lowest BCUT2D eigenvalue weighted by Crippen LogP contribution is -2.15. The number of ether oxygens (including phenoxy) is 1. The van der Waals surface area contributed by atoms with Gasteiger partial charge in [-0.05, 0) is 11.6 Å². The summed E-state index contributed by atoms with van der Waals surface area (Å²) in [5.74, 6) is -1.60. The van der Waals surface area contributed by atoms with E-state index in [1.807, 2.05) is 0 Å². The highest BCUT2D eigenvalue weighted by molar-refractivity contribution is 5.92. The lowest BCUT2D eigenvalue weighted by Gasteiger charge is -2.06. The molecule has 0 fully saturated rings. The Balaban J connectivity index is 2.95. The van der Waals surface area contributed by atoms with Crippen LogP contribution in [0.3, 0.4) is 0 Å². The molecule has 5 nitrogen and oxygen atoms in total. The Morgan fingerprint density at radius 1 is 1.33 bits per heavy atom. The quantitative estimate of drug-likeness (QED) is 0.553. The van der Waals surface area contributed by atoms with Gasteiger partial charge in [0.25, 0.3) is 0 Å². The molecule has 0 aliphatic heterocycles. The molecule has 1 aromatic carbocycles. The van der Waals surface area contributed by atoms with Crippen molar-refractivity contribution in [2.24, 2.45) is 5.73 Å². The molecular weight excluding hydrogens is 198 g/mol. The predicted molar refractivity (Wildman–Crippen MR) is 52.3 cm³/mol. The minimum atomic E-state index is -0.997. The summed E-state index contributed by atoms with van der Waals surface area (Å²) in [5.41, 5.74) is 5.72. The van der Waals surface area contributed by atoms with E-state index >= 15 is 0 Å². The van der Waals surface area contributed by atoms with E-state index in [-0.39, 0.29) is 18.7 Å². The number of nitrogens with two attached hydrogens (primary N) is 1. The van der Waals surface area contributed by atoms with Gasteiger partial charge >= 0.3 is 11.9 Å². The van der Waals surface area contributed by atoms with E-state index in [1.165, 1.54) is 6.07 Å². The summed E-state index contributed by atoms with van der Waals surface area (Å²) in [6.07, 6.45) is -0.212. The van der Waals surface area contributed by atoms with Crippen LogP contribution in [-0.4, -0.2) is 23.8 Å². The van der Waals surface area contributed by atoms with Gasteiger partial charge in [0, 0.05) is 0 Å². The van der Waals surface area contributed by atoms with Crippen LogP contribution in [0.4, 0.5) is 0 Å². The zero-order valence-corrected chi connectivity index (χ0v) is 7.97. The molecule has 3 N–H and O–H groups in total. The molecule has 0 bridgehead atoms. The van der Waals surface area contributed by atoms with E-state index in [1.54, 1.807) is 18.2 Å². The summed E-state index contributed by atoms with van der Waals surface area (Å²) in [4.78, 5) is 21.9. The molecule has 0 spiro atoms. The van der Waals surface area contributed by atoms with Crippen molar-refractivity contribution in [3.8, 4) is 0 Å². The van der Waals surface area contributed by atoms with Crippen LogP contribution in [0.1, 0.15) is 15.9 Å². The first-order valence-electron chi connectivity index (χ1n) is 4.32. The molecule has 1 aromatic rings. The molecule has 0 aliphatic rings. The normalized spacial score (nSPS) is 9.67. The molecule has 80 valence electrons. The topological polar surface area (TPSA) is 89.6 Å². The zero-order valence-electron chi connectivity index (χ0n) is 7.97. The third-order valence-corrected chi connectivity index (χ3v) is 1.79. The lowest BCUT2D eigenvalue weighted by molar-refractivity contribution is -0.136. The summed E-state index contributed by atoms with van der Waals surface area (Å²) in [6.45, 7) is -0.222. The third kappa shape index (κ3) is 3.07. The fourth-order valence-corrected chi connectivity index (χ4v) is 1.19. The molecule has 1 rings (SSSR count). The fourth-order valence-electron chi connectivity index (χ4n) is 1.19. The smallest absolute Gasteiger partial charge is 0.339 e. The first-order chi connectivity index (χ1) is 7.15. The summed E-state index contributed by atoms with van der Waals surface area (Å²) in [7, 11) is 0. The maximum atomic E-state index is 11.4. The molecule has 5 heteroatoms. The van der Waals surface area contributed by atoms with Gasteiger partial charge in [0.15, 0.2) is 0 Å². The van der Waals surface area contributed by atoms with Crippen LogP contribution in [0, 0.1) is 0 Å². The van der Waals surface area contributed by atoms with E-state index in [4.69, 9.17) is 10.8 Å². The second-order valence-corrected chi connectivity index (χ2v) is 2.83. The highest BCUT2D eigenvalue weighted by Crippen LogP contribution is 2.10. The van der Waals surface area contributed by atoms with Crippen LogP contribution >= 0.6 is 0 Å².